The molecule has 0 aliphatic heterocycles. The molecule has 0 bridgehead atoms. The number of amidine groups is 1. The van der Waals surface area contributed by atoms with Crippen LogP contribution in [0.5, 0.6) is 0 Å². The van der Waals surface area contributed by atoms with Crippen molar-refractivity contribution in [1.29, 1.82) is 5.41 Å². The van der Waals surface area contributed by atoms with Gasteiger partial charge in [0, 0.05) is 16.8 Å². The first-order valence-corrected chi connectivity index (χ1v) is 14.9. The normalized spacial score (nSPS) is 11.1. The van der Waals surface area contributed by atoms with E-state index in [2.05, 4.69) is 5.32 Å². The molecule has 0 unspecified atom stereocenters. The molecule has 8 heteroatoms. The first-order chi connectivity index (χ1) is 20.4. The Morgan fingerprint density at radius 3 is 1.74 bits per heavy atom. The number of amides is 1. The fourth-order valence-electron chi connectivity index (χ4n) is 4.43. The molecule has 0 radical (unpaired) electrons. The van der Waals surface area contributed by atoms with Crippen LogP contribution in [0.3, 0.4) is 0 Å². The van der Waals surface area contributed by atoms with E-state index >= 15 is 0 Å². The lowest BCUT2D eigenvalue weighted by atomic mass is 9.99. The second-order valence-electron chi connectivity index (χ2n) is 9.52. The third kappa shape index (κ3) is 6.90. The molecule has 5 aromatic rings. The molecular formula is C34H30N3O4P. The molecule has 0 spiro atoms. The van der Waals surface area contributed by atoms with Gasteiger partial charge in [-0.1, -0.05) is 97.1 Å². The quantitative estimate of drug-likeness (QED) is 0.0880. The van der Waals surface area contributed by atoms with Crippen LogP contribution in [0.2, 0.25) is 0 Å². The summed E-state index contributed by atoms with van der Waals surface area (Å²) in [7, 11) is -3.90. The lowest BCUT2D eigenvalue weighted by molar-refractivity contribution is 0.102. The van der Waals surface area contributed by atoms with Gasteiger partial charge in [0.15, 0.2) is 0 Å². The van der Waals surface area contributed by atoms with Crippen molar-refractivity contribution in [2.75, 3.05) is 5.32 Å². The third-order valence-corrected chi connectivity index (χ3v) is 8.52. The van der Waals surface area contributed by atoms with Crippen molar-refractivity contribution < 1.29 is 18.4 Å². The van der Waals surface area contributed by atoms with Crippen LogP contribution < -0.4 is 16.4 Å². The van der Waals surface area contributed by atoms with E-state index < -0.39 is 7.60 Å². The van der Waals surface area contributed by atoms with Gasteiger partial charge in [0.05, 0.1) is 18.5 Å². The summed E-state index contributed by atoms with van der Waals surface area (Å²) < 4.78 is 26.9. The Morgan fingerprint density at radius 2 is 1.17 bits per heavy atom. The molecule has 7 nitrogen and oxygen atoms in total. The molecular weight excluding hydrogens is 545 g/mol. The van der Waals surface area contributed by atoms with Gasteiger partial charge in [-0.3, -0.25) is 14.8 Å². The zero-order chi connectivity index (χ0) is 29.4. The van der Waals surface area contributed by atoms with Crippen LogP contribution in [-0.2, 0) is 26.8 Å². The van der Waals surface area contributed by atoms with E-state index in [1.807, 2.05) is 84.9 Å². The summed E-state index contributed by atoms with van der Waals surface area (Å²) in [6.45, 7) is 0.166. The molecule has 210 valence electrons. The Morgan fingerprint density at radius 1 is 0.667 bits per heavy atom. The van der Waals surface area contributed by atoms with Crippen LogP contribution in [0, 0.1) is 5.41 Å². The molecule has 0 fully saturated rings. The van der Waals surface area contributed by atoms with Crippen molar-refractivity contribution in [2.45, 2.75) is 13.2 Å². The van der Waals surface area contributed by atoms with E-state index in [-0.39, 0.29) is 25.0 Å². The van der Waals surface area contributed by atoms with Gasteiger partial charge < -0.3 is 20.1 Å². The number of carbonyl (C=O) groups is 1. The van der Waals surface area contributed by atoms with Gasteiger partial charge in [0.1, 0.15) is 5.84 Å². The minimum atomic E-state index is -3.90. The number of nitrogen functional groups attached to an aromatic ring is 1. The topological polar surface area (TPSA) is 114 Å². The number of nitrogens with one attached hydrogen (secondary N) is 2. The zero-order valence-corrected chi connectivity index (χ0v) is 23.7. The molecule has 0 saturated heterocycles. The summed E-state index contributed by atoms with van der Waals surface area (Å²) in [5, 5.41) is 10.8. The Labute approximate surface area is 245 Å². The molecule has 0 saturated carbocycles. The number of nitrogens with two attached hydrogens (primary N) is 1. The summed E-state index contributed by atoms with van der Waals surface area (Å²) in [6.07, 6.45) is 0. The minimum Gasteiger partial charge on any atom is -0.384 e. The van der Waals surface area contributed by atoms with Gasteiger partial charge in [-0.15, -0.1) is 0 Å². The number of carbonyl (C=O) groups excluding carboxylic acids is 1. The molecule has 0 aliphatic rings. The van der Waals surface area contributed by atoms with Crippen molar-refractivity contribution in [1.82, 2.24) is 0 Å². The van der Waals surface area contributed by atoms with Crippen LogP contribution in [0.4, 0.5) is 5.69 Å². The fraction of sp³-hybridized carbons (Fsp3) is 0.0588. The highest BCUT2D eigenvalue weighted by atomic mass is 31.2. The predicted molar refractivity (Wildman–Crippen MR) is 167 cm³/mol. The summed E-state index contributed by atoms with van der Waals surface area (Å²) >= 11 is 0. The van der Waals surface area contributed by atoms with E-state index in [4.69, 9.17) is 20.2 Å². The molecule has 1 amide bonds. The Bertz CT molecular complexity index is 1680. The molecule has 5 rings (SSSR count). The number of rotatable bonds is 11. The van der Waals surface area contributed by atoms with Gasteiger partial charge in [0.2, 0.25) is 0 Å². The van der Waals surface area contributed by atoms with E-state index in [9.17, 15) is 9.36 Å². The largest absolute Gasteiger partial charge is 0.384 e. The zero-order valence-electron chi connectivity index (χ0n) is 22.8. The maximum atomic E-state index is 14.6. The summed E-state index contributed by atoms with van der Waals surface area (Å²) in [5.41, 5.74) is 9.91. The molecule has 42 heavy (non-hydrogen) atoms. The smallest absolute Gasteiger partial charge is 0.362 e. The average molecular weight is 576 g/mol. The summed E-state index contributed by atoms with van der Waals surface area (Å²) in [4.78, 5) is 13.5. The van der Waals surface area contributed by atoms with Gasteiger partial charge in [-0.05, 0) is 58.7 Å². The fourth-order valence-corrected chi connectivity index (χ4v) is 6.18. The van der Waals surface area contributed by atoms with Crippen molar-refractivity contribution in [3.05, 3.63) is 156 Å². The average Bonchev–Trinajstić information content (AvgIpc) is 3.04. The molecule has 0 aromatic heterocycles. The highest BCUT2D eigenvalue weighted by Crippen LogP contribution is 2.51. The Hall–Kier alpha value is -4.81. The standard InChI is InChI=1S/C34H30N3O4P/c35-33(36)27-19-21-28(22-20-27)37-34(38)31-17-8-7-15-29(31)30-16-9-10-18-32(30)42(39,40-23-25-11-3-1-4-12-25)41-24-26-13-5-2-6-14-26/h1-22H,23-24H2,(H3,35,36)(H,37,38). The Kier molecular flexibility index (Phi) is 9.05. The molecule has 0 atom stereocenters. The number of anilines is 1. The first kappa shape index (κ1) is 28.7. The van der Waals surface area contributed by atoms with Crippen molar-refractivity contribution in [3.63, 3.8) is 0 Å². The predicted octanol–water partition coefficient (Wildman–Crippen LogP) is 7.14. The van der Waals surface area contributed by atoms with Gasteiger partial charge >= 0.3 is 7.60 Å². The number of hydrogen-bond acceptors (Lipinski definition) is 5. The lowest BCUT2D eigenvalue weighted by Crippen LogP contribution is -2.17. The summed E-state index contributed by atoms with van der Waals surface area (Å²) in [5.74, 6) is -0.399. The van der Waals surface area contributed by atoms with Crippen LogP contribution in [-0.4, -0.2) is 11.7 Å². The second-order valence-corrected chi connectivity index (χ2v) is 11.5. The van der Waals surface area contributed by atoms with Gasteiger partial charge in [-0.25, -0.2) is 0 Å². The van der Waals surface area contributed by atoms with Crippen LogP contribution in [0.1, 0.15) is 27.0 Å². The number of hydrogen-bond donors (Lipinski definition) is 3. The SMILES string of the molecule is N=C(N)c1ccc(NC(=O)c2ccccc2-c2ccccc2P(=O)(OCc2ccccc2)OCc2ccccc2)cc1. The molecule has 0 heterocycles. The van der Waals surface area contributed by atoms with E-state index in [1.54, 1.807) is 48.5 Å². The highest BCUT2D eigenvalue weighted by Gasteiger charge is 2.32. The molecule has 0 aliphatic carbocycles. The van der Waals surface area contributed by atoms with E-state index in [0.29, 0.717) is 33.2 Å². The lowest BCUT2D eigenvalue weighted by Gasteiger charge is -2.22. The van der Waals surface area contributed by atoms with Gasteiger partial charge in [-0.2, -0.15) is 0 Å². The van der Waals surface area contributed by atoms with Crippen molar-refractivity contribution in [3.8, 4) is 11.1 Å². The monoisotopic (exact) mass is 575 g/mol. The highest BCUT2D eigenvalue weighted by molar-refractivity contribution is 7.62. The van der Waals surface area contributed by atoms with Crippen LogP contribution >= 0.6 is 7.60 Å². The van der Waals surface area contributed by atoms with Crippen molar-refractivity contribution in [2.24, 2.45) is 5.73 Å². The van der Waals surface area contributed by atoms with Crippen LogP contribution in [0.15, 0.2) is 133 Å². The maximum Gasteiger partial charge on any atom is 0.362 e. The Balaban J connectivity index is 1.50. The minimum absolute atomic E-state index is 0.0526. The third-order valence-electron chi connectivity index (χ3n) is 6.60. The number of benzene rings is 5. The van der Waals surface area contributed by atoms with Crippen LogP contribution in [0.25, 0.3) is 11.1 Å². The summed E-state index contributed by atoms with van der Waals surface area (Å²) in [6, 6.07) is 40.0. The van der Waals surface area contributed by atoms with E-state index in [1.165, 1.54) is 0 Å². The molecule has 4 N–H and O–H groups in total. The first-order valence-electron chi connectivity index (χ1n) is 13.3. The second kappa shape index (κ2) is 13.2. The van der Waals surface area contributed by atoms with Gasteiger partial charge in [0.25, 0.3) is 5.91 Å². The van der Waals surface area contributed by atoms with Crippen molar-refractivity contribution >= 4 is 30.3 Å². The molecule has 5 aromatic carbocycles. The maximum absolute atomic E-state index is 14.6. The van der Waals surface area contributed by atoms with E-state index in [0.717, 1.165) is 11.1 Å².